The molecule has 128 valence electrons. The van der Waals surface area contributed by atoms with Crippen LogP contribution in [0.15, 0.2) is 24.3 Å². The van der Waals surface area contributed by atoms with Gasteiger partial charge in [-0.15, -0.1) is 0 Å². The zero-order valence-electron chi connectivity index (χ0n) is 13.6. The molecular formula is C17H20N2O5. The first-order valence-corrected chi connectivity index (χ1v) is 7.58. The molecule has 1 aromatic rings. The van der Waals surface area contributed by atoms with E-state index in [9.17, 15) is 24.6 Å². The summed E-state index contributed by atoms with van der Waals surface area (Å²) in [4.78, 5) is 35.1. The number of carboxylic acids is 2. The number of carbonyl (C=O) groups is 3. The average molecular weight is 332 g/mol. The van der Waals surface area contributed by atoms with Crippen molar-refractivity contribution in [3.05, 3.63) is 35.4 Å². The van der Waals surface area contributed by atoms with Crippen molar-refractivity contribution < 1.29 is 24.6 Å². The monoisotopic (exact) mass is 332 g/mol. The summed E-state index contributed by atoms with van der Waals surface area (Å²) in [6, 6.07) is 8.76. The van der Waals surface area contributed by atoms with E-state index in [0.29, 0.717) is 12.0 Å². The number of carbonyl (C=O) groups excluding carboxylic acids is 1. The van der Waals surface area contributed by atoms with E-state index in [-0.39, 0.29) is 12.8 Å². The molecule has 7 nitrogen and oxygen atoms in total. The van der Waals surface area contributed by atoms with E-state index in [1.165, 1.54) is 6.92 Å². The Morgan fingerprint density at radius 3 is 2.33 bits per heavy atom. The lowest BCUT2D eigenvalue weighted by atomic mass is 9.91. The van der Waals surface area contributed by atoms with Crippen molar-refractivity contribution in [3.63, 3.8) is 0 Å². The molecule has 0 bridgehead atoms. The summed E-state index contributed by atoms with van der Waals surface area (Å²) in [5.41, 5.74) is -1.12. The Bertz CT molecular complexity index is 664. The molecule has 3 N–H and O–H groups in total. The lowest BCUT2D eigenvalue weighted by Crippen LogP contribution is -2.61. The van der Waals surface area contributed by atoms with E-state index >= 15 is 0 Å². The minimum atomic E-state index is -2.33. The summed E-state index contributed by atoms with van der Waals surface area (Å²) in [6.07, 6.45) is 0.419. The van der Waals surface area contributed by atoms with Gasteiger partial charge in [0.2, 0.25) is 11.4 Å². The van der Waals surface area contributed by atoms with Crippen LogP contribution in [-0.4, -0.2) is 33.6 Å². The summed E-state index contributed by atoms with van der Waals surface area (Å²) in [5.74, 6) is -4.44. The summed E-state index contributed by atoms with van der Waals surface area (Å²) < 4.78 is 0. The van der Waals surface area contributed by atoms with Crippen molar-refractivity contribution in [2.24, 2.45) is 5.92 Å². The molecule has 0 radical (unpaired) electrons. The van der Waals surface area contributed by atoms with E-state index in [1.807, 2.05) is 6.07 Å². The van der Waals surface area contributed by atoms with Gasteiger partial charge in [-0.1, -0.05) is 26.0 Å². The highest BCUT2D eigenvalue weighted by atomic mass is 16.4. The van der Waals surface area contributed by atoms with Crippen molar-refractivity contribution in [3.8, 4) is 6.07 Å². The molecule has 0 saturated heterocycles. The average Bonchev–Trinajstić information content (AvgIpc) is 2.56. The Hall–Kier alpha value is -2.88. The van der Waals surface area contributed by atoms with Gasteiger partial charge >= 0.3 is 11.9 Å². The van der Waals surface area contributed by atoms with E-state index in [0.717, 1.165) is 5.56 Å². The van der Waals surface area contributed by atoms with Gasteiger partial charge in [0.15, 0.2) is 0 Å². The summed E-state index contributed by atoms with van der Waals surface area (Å²) in [7, 11) is 0. The van der Waals surface area contributed by atoms with Crippen molar-refractivity contribution in [1.29, 1.82) is 5.26 Å². The van der Waals surface area contributed by atoms with Gasteiger partial charge in [0, 0.05) is 5.92 Å². The van der Waals surface area contributed by atoms with Crippen LogP contribution in [0, 0.1) is 17.2 Å². The SMILES string of the molecule is CCC(Cc1cccc(C#N)c1)C(=O)NC(CC)(C(=O)O)C(=O)O. The number of hydrogen-bond donors (Lipinski definition) is 3. The second kappa shape index (κ2) is 8.11. The Kier molecular flexibility index (Phi) is 6.48. The second-order valence-corrected chi connectivity index (χ2v) is 5.48. The molecule has 0 aliphatic carbocycles. The number of aliphatic carboxylic acids is 2. The molecule has 0 fully saturated rings. The largest absolute Gasteiger partial charge is 0.479 e. The highest BCUT2D eigenvalue weighted by molar-refractivity contribution is 6.06. The molecule has 0 saturated carbocycles. The zero-order valence-corrected chi connectivity index (χ0v) is 13.6. The molecule has 1 unspecified atom stereocenters. The Balaban J connectivity index is 2.99. The minimum Gasteiger partial charge on any atom is -0.479 e. The van der Waals surface area contributed by atoms with Crippen LogP contribution in [0.1, 0.15) is 37.8 Å². The molecule has 0 aliphatic heterocycles. The highest BCUT2D eigenvalue weighted by Gasteiger charge is 2.47. The molecule has 1 atom stereocenters. The van der Waals surface area contributed by atoms with Crippen LogP contribution in [-0.2, 0) is 20.8 Å². The first-order valence-electron chi connectivity index (χ1n) is 7.58. The van der Waals surface area contributed by atoms with Crippen LogP contribution in [0.2, 0.25) is 0 Å². The molecule has 1 aromatic carbocycles. The fourth-order valence-electron chi connectivity index (χ4n) is 2.38. The number of rotatable bonds is 8. The predicted octanol–water partition coefficient (Wildman–Crippen LogP) is 1.56. The Morgan fingerprint density at radius 1 is 1.25 bits per heavy atom. The molecule has 7 heteroatoms. The van der Waals surface area contributed by atoms with E-state index < -0.39 is 29.3 Å². The zero-order chi connectivity index (χ0) is 18.3. The molecule has 0 aliphatic rings. The van der Waals surface area contributed by atoms with Gasteiger partial charge in [0.1, 0.15) is 0 Å². The lowest BCUT2D eigenvalue weighted by Gasteiger charge is -2.27. The molecule has 1 amide bonds. The maximum atomic E-state index is 12.4. The third-order valence-corrected chi connectivity index (χ3v) is 4.00. The van der Waals surface area contributed by atoms with Crippen molar-refractivity contribution in [2.45, 2.75) is 38.6 Å². The van der Waals surface area contributed by atoms with Crippen molar-refractivity contribution in [2.75, 3.05) is 0 Å². The molecular weight excluding hydrogens is 312 g/mol. The number of benzene rings is 1. The van der Waals surface area contributed by atoms with Crippen LogP contribution < -0.4 is 5.32 Å². The second-order valence-electron chi connectivity index (χ2n) is 5.48. The fraction of sp³-hybridized carbons (Fsp3) is 0.412. The van der Waals surface area contributed by atoms with E-state index in [1.54, 1.807) is 31.2 Å². The number of carboxylic acid groups (broad SMARTS) is 2. The Labute approximate surface area is 139 Å². The third kappa shape index (κ3) is 4.10. The van der Waals surface area contributed by atoms with E-state index in [2.05, 4.69) is 5.32 Å². The van der Waals surface area contributed by atoms with Gasteiger partial charge in [-0.25, -0.2) is 9.59 Å². The lowest BCUT2D eigenvalue weighted by molar-refractivity contribution is -0.162. The maximum absolute atomic E-state index is 12.4. The summed E-state index contributed by atoms with van der Waals surface area (Å²) >= 11 is 0. The maximum Gasteiger partial charge on any atom is 0.341 e. The topological polar surface area (TPSA) is 127 Å². The van der Waals surface area contributed by atoms with Crippen LogP contribution in [0.5, 0.6) is 0 Å². The summed E-state index contributed by atoms with van der Waals surface area (Å²) in [5, 5.41) is 29.5. The van der Waals surface area contributed by atoms with Gasteiger partial charge in [0.05, 0.1) is 11.6 Å². The molecule has 0 aromatic heterocycles. The molecule has 24 heavy (non-hydrogen) atoms. The van der Waals surface area contributed by atoms with Gasteiger partial charge in [0.25, 0.3) is 0 Å². The van der Waals surface area contributed by atoms with Crippen molar-refractivity contribution in [1.82, 2.24) is 5.32 Å². The van der Waals surface area contributed by atoms with Crippen molar-refractivity contribution >= 4 is 17.8 Å². The number of nitrogens with zero attached hydrogens (tertiary/aromatic N) is 1. The van der Waals surface area contributed by atoms with Crippen LogP contribution in [0.25, 0.3) is 0 Å². The molecule has 0 heterocycles. The van der Waals surface area contributed by atoms with Crippen LogP contribution in [0.4, 0.5) is 0 Å². The normalized spacial score (nSPS) is 12.0. The van der Waals surface area contributed by atoms with Crippen LogP contribution in [0.3, 0.4) is 0 Å². The van der Waals surface area contributed by atoms with Gasteiger partial charge in [-0.05, 0) is 37.0 Å². The number of nitriles is 1. The first-order chi connectivity index (χ1) is 11.3. The van der Waals surface area contributed by atoms with Gasteiger partial charge in [-0.2, -0.15) is 5.26 Å². The number of hydrogen-bond acceptors (Lipinski definition) is 4. The molecule has 0 spiro atoms. The Morgan fingerprint density at radius 2 is 1.88 bits per heavy atom. The number of nitrogens with one attached hydrogen (secondary N) is 1. The predicted molar refractivity (Wildman–Crippen MR) is 85.1 cm³/mol. The standard InChI is InChI=1S/C17H20N2O5/c1-3-13(9-11-6-5-7-12(8-11)10-18)14(20)19-17(4-2,15(21)22)16(23)24/h5-8,13H,3-4,9H2,1-2H3,(H,19,20)(H,21,22)(H,23,24). The minimum absolute atomic E-state index is 0.274. The van der Waals surface area contributed by atoms with Crippen LogP contribution >= 0.6 is 0 Å². The third-order valence-electron chi connectivity index (χ3n) is 4.00. The van der Waals surface area contributed by atoms with E-state index in [4.69, 9.17) is 5.26 Å². The first kappa shape index (κ1) is 19.2. The number of amides is 1. The van der Waals surface area contributed by atoms with Gasteiger partial charge in [-0.3, -0.25) is 4.79 Å². The summed E-state index contributed by atoms with van der Waals surface area (Å²) in [6.45, 7) is 3.15. The smallest absolute Gasteiger partial charge is 0.341 e. The van der Waals surface area contributed by atoms with Gasteiger partial charge < -0.3 is 15.5 Å². The molecule has 1 rings (SSSR count). The highest BCUT2D eigenvalue weighted by Crippen LogP contribution is 2.18. The quantitative estimate of drug-likeness (QED) is 0.620. The fourth-order valence-corrected chi connectivity index (χ4v) is 2.38.